The third-order valence-corrected chi connectivity index (χ3v) is 8.49. The van der Waals surface area contributed by atoms with Crippen LogP contribution in [0.5, 0.6) is 0 Å². The van der Waals surface area contributed by atoms with Crippen LogP contribution < -0.4 is 4.90 Å². The summed E-state index contributed by atoms with van der Waals surface area (Å²) in [5, 5.41) is 2.15. The molecule has 2 aliphatic heterocycles. The molecule has 2 aromatic carbocycles. The molecule has 2 fully saturated rings. The van der Waals surface area contributed by atoms with Gasteiger partial charge in [-0.3, -0.25) is 4.79 Å². The monoisotopic (exact) mass is 524 g/mol. The first kappa shape index (κ1) is 26.7. The van der Waals surface area contributed by atoms with E-state index in [-0.39, 0.29) is 12.4 Å². The molecular weight excluding hydrogens is 488 g/mol. The van der Waals surface area contributed by atoms with Crippen molar-refractivity contribution >= 4 is 35.3 Å². The van der Waals surface area contributed by atoms with Gasteiger partial charge in [-0.05, 0) is 68.1 Å². The van der Waals surface area contributed by atoms with Crippen LogP contribution in [0.15, 0.2) is 72.1 Å². The number of carbonyl (C=O) groups is 1. The number of hydrogen-bond acceptors (Lipinski definition) is 5. The van der Waals surface area contributed by atoms with E-state index in [0.29, 0.717) is 12.6 Å². The Labute approximate surface area is 225 Å². The Balaban J connectivity index is 0.00000304. The summed E-state index contributed by atoms with van der Waals surface area (Å²) in [6.45, 7) is 5.29. The van der Waals surface area contributed by atoms with Crippen LogP contribution in [0, 0.1) is 0 Å². The number of anilines is 1. The molecule has 192 valence electrons. The molecule has 2 saturated heterocycles. The number of carbonyl (C=O) groups excluding carboxylic acids is 1. The number of para-hydroxylation sites is 1. The molecule has 3 heterocycles. The van der Waals surface area contributed by atoms with Gasteiger partial charge in [0.2, 0.25) is 5.91 Å². The number of rotatable bonds is 8. The lowest BCUT2D eigenvalue weighted by Crippen LogP contribution is -2.56. The van der Waals surface area contributed by atoms with E-state index in [2.05, 4.69) is 106 Å². The Bertz CT molecular complexity index is 1110. The third kappa shape index (κ3) is 5.47. The number of likely N-dealkylation sites (tertiary alicyclic amines) is 1. The van der Waals surface area contributed by atoms with Crippen LogP contribution in [0.4, 0.5) is 5.69 Å². The van der Waals surface area contributed by atoms with Gasteiger partial charge in [-0.2, -0.15) is 0 Å². The van der Waals surface area contributed by atoms with E-state index in [0.717, 1.165) is 57.7 Å². The molecule has 7 heteroatoms. The minimum atomic E-state index is -0.418. The van der Waals surface area contributed by atoms with Crippen molar-refractivity contribution in [2.75, 3.05) is 58.4 Å². The maximum absolute atomic E-state index is 13.8. The fourth-order valence-electron chi connectivity index (χ4n) is 5.53. The van der Waals surface area contributed by atoms with E-state index < -0.39 is 5.54 Å². The smallest absolute Gasteiger partial charge is 0.250 e. The summed E-state index contributed by atoms with van der Waals surface area (Å²) in [4.78, 5) is 24.3. The standard InChI is InChI=1S/C29H36N4OS.ClH/c1-30(2)20-21-32-23-33(25-10-4-3-5-11-25)29(28(32)34)15-18-31(19-16-29)17-14-24-9-6-7-12-26(24)27-13-8-22-35-27;/h3-13,22H,14-21,23H2,1-2H3;1H. The van der Waals surface area contributed by atoms with Crippen molar-refractivity contribution in [3.8, 4) is 10.4 Å². The highest BCUT2D eigenvalue weighted by molar-refractivity contribution is 7.13. The van der Waals surface area contributed by atoms with E-state index in [9.17, 15) is 4.79 Å². The molecule has 0 bridgehead atoms. The highest BCUT2D eigenvalue weighted by Crippen LogP contribution is 2.39. The third-order valence-electron chi connectivity index (χ3n) is 7.58. The summed E-state index contributed by atoms with van der Waals surface area (Å²) in [5.74, 6) is 0.311. The van der Waals surface area contributed by atoms with Crippen LogP contribution in [-0.2, 0) is 11.2 Å². The molecule has 0 saturated carbocycles. The maximum atomic E-state index is 13.8. The zero-order valence-electron chi connectivity index (χ0n) is 21.3. The van der Waals surface area contributed by atoms with E-state index in [1.54, 1.807) is 11.3 Å². The highest BCUT2D eigenvalue weighted by Gasteiger charge is 2.53. The number of likely N-dealkylation sites (N-methyl/N-ethyl adjacent to an activating group) is 1. The van der Waals surface area contributed by atoms with Crippen LogP contribution in [0.3, 0.4) is 0 Å². The first-order valence-corrected chi connectivity index (χ1v) is 13.6. The Morgan fingerprint density at radius 2 is 1.64 bits per heavy atom. The second kappa shape index (κ2) is 11.8. The minimum Gasteiger partial charge on any atom is -0.339 e. The fourth-order valence-corrected chi connectivity index (χ4v) is 6.32. The highest BCUT2D eigenvalue weighted by atomic mass is 35.5. The summed E-state index contributed by atoms with van der Waals surface area (Å²) in [5.41, 5.74) is 3.51. The number of nitrogens with zero attached hydrogens (tertiary/aromatic N) is 4. The average Bonchev–Trinajstić information content (AvgIpc) is 3.51. The first-order valence-electron chi connectivity index (χ1n) is 12.7. The lowest BCUT2D eigenvalue weighted by Gasteiger charge is -2.43. The van der Waals surface area contributed by atoms with Gasteiger partial charge in [0.15, 0.2) is 0 Å². The van der Waals surface area contributed by atoms with Gasteiger partial charge in [0.05, 0.1) is 6.67 Å². The molecule has 0 N–H and O–H groups in total. The Hall–Kier alpha value is -2.38. The second-order valence-electron chi connectivity index (χ2n) is 10.0. The summed E-state index contributed by atoms with van der Waals surface area (Å²) in [6.07, 6.45) is 2.80. The van der Waals surface area contributed by atoms with E-state index in [4.69, 9.17) is 0 Å². The second-order valence-corrected chi connectivity index (χ2v) is 11.0. The number of hydrogen-bond donors (Lipinski definition) is 0. The van der Waals surface area contributed by atoms with Crippen LogP contribution in [0.25, 0.3) is 10.4 Å². The van der Waals surface area contributed by atoms with Gasteiger partial charge in [-0.1, -0.05) is 48.5 Å². The molecule has 36 heavy (non-hydrogen) atoms. The summed E-state index contributed by atoms with van der Waals surface area (Å²) < 4.78 is 0. The summed E-state index contributed by atoms with van der Waals surface area (Å²) >= 11 is 1.80. The van der Waals surface area contributed by atoms with E-state index in [1.807, 2.05) is 0 Å². The van der Waals surface area contributed by atoms with Crippen LogP contribution in [0.2, 0.25) is 0 Å². The number of benzene rings is 2. The normalized spacial score (nSPS) is 17.7. The van der Waals surface area contributed by atoms with Crippen molar-refractivity contribution in [1.82, 2.24) is 14.7 Å². The van der Waals surface area contributed by atoms with Crippen molar-refractivity contribution in [2.45, 2.75) is 24.8 Å². The van der Waals surface area contributed by atoms with Gasteiger partial charge < -0.3 is 19.6 Å². The molecule has 1 amide bonds. The molecule has 3 aromatic rings. The number of amides is 1. The van der Waals surface area contributed by atoms with Crippen molar-refractivity contribution in [3.63, 3.8) is 0 Å². The Kier molecular flexibility index (Phi) is 8.73. The van der Waals surface area contributed by atoms with E-state index in [1.165, 1.54) is 16.0 Å². The molecule has 0 radical (unpaired) electrons. The fraction of sp³-hybridized carbons (Fsp3) is 0.414. The van der Waals surface area contributed by atoms with Crippen LogP contribution >= 0.6 is 23.7 Å². The predicted molar refractivity (Wildman–Crippen MR) is 153 cm³/mol. The predicted octanol–water partition coefficient (Wildman–Crippen LogP) is 5.08. The Morgan fingerprint density at radius 3 is 2.33 bits per heavy atom. The molecule has 1 aromatic heterocycles. The van der Waals surface area contributed by atoms with Gasteiger partial charge in [0.1, 0.15) is 5.54 Å². The minimum absolute atomic E-state index is 0. The van der Waals surface area contributed by atoms with Gasteiger partial charge in [-0.15, -0.1) is 23.7 Å². The van der Waals surface area contributed by atoms with Crippen molar-refractivity contribution in [2.24, 2.45) is 0 Å². The molecule has 0 atom stereocenters. The summed E-state index contributed by atoms with van der Waals surface area (Å²) in [6, 6.07) is 23.6. The van der Waals surface area contributed by atoms with Crippen molar-refractivity contribution < 1.29 is 4.79 Å². The quantitative estimate of drug-likeness (QED) is 0.411. The number of thiophene rings is 1. The summed E-state index contributed by atoms with van der Waals surface area (Å²) in [7, 11) is 4.14. The molecule has 0 aliphatic carbocycles. The SMILES string of the molecule is CN(C)CCN1CN(c2ccccc2)C2(CCN(CCc3ccccc3-c3cccs3)CC2)C1=O.Cl. The lowest BCUT2D eigenvalue weighted by molar-refractivity contribution is -0.133. The lowest BCUT2D eigenvalue weighted by atomic mass is 9.85. The van der Waals surface area contributed by atoms with Crippen molar-refractivity contribution in [1.29, 1.82) is 0 Å². The van der Waals surface area contributed by atoms with Gasteiger partial charge in [-0.25, -0.2) is 0 Å². The number of halogens is 1. The van der Waals surface area contributed by atoms with Crippen LogP contribution in [-0.4, -0.2) is 79.6 Å². The van der Waals surface area contributed by atoms with Crippen molar-refractivity contribution in [3.05, 3.63) is 77.7 Å². The zero-order valence-corrected chi connectivity index (χ0v) is 22.9. The van der Waals surface area contributed by atoms with E-state index >= 15 is 0 Å². The van der Waals surface area contributed by atoms with Gasteiger partial charge in [0.25, 0.3) is 0 Å². The molecule has 2 aliphatic rings. The maximum Gasteiger partial charge on any atom is 0.250 e. The van der Waals surface area contributed by atoms with Gasteiger partial charge >= 0.3 is 0 Å². The molecule has 5 nitrogen and oxygen atoms in total. The zero-order chi connectivity index (χ0) is 24.3. The van der Waals surface area contributed by atoms with Crippen LogP contribution in [0.1, 0.15) is 18.4 Å². The largest absolute Gasteiger partial charge is 0.339 e. The first-order chi connectivity index (χ1) is 17.1. The molecule has 0 unspecified atom stereocenters. The molecular formula is C29H37ClN4OS. The Morgan fingerprint density at radius 1 is 0.917 bits per heavy atom. The number of piperidine rings is 1. The molecule has 1 spiro atoms. The molecule has 5 rings (SSSR count). The topological polar surface area (TPSA) is 30.0 Å². The van der Waals surface area contributed by atoms with Gasteiger partial charge in [0, 0.05) is 43.3 Å². The average molecular weight is 525 g/mol.